The van der Waals surface area contributed by atoms with E-state index in [1.807, 2.05) is 0 Å². The van der Waals surface area contributed by atoms with Crippen molar-refractivity contribution >= 4 is 5.57 Å². The fourth-order valence-electron chi connectivity index (χ4n) is 2.12. The first-order valence-corrected chi connectivity index (χ1v) is 5.98. The summed E-state index contributed by atoms with van der Waals surface area (Å²) in [5, 5.41) is 0. The van der Waals surface area contributed by atoms with Crippen molar-refractivity contribution in [3.63, 3.8) is 0 Å². The van der Waals surface area contributed by atoms with Crippen LogP contribution in [0.25, 0.3) is 5.57 Å². The summed E-state index contributed by atoms with van der Waals surface area (Å²) in [5.41, 5.74) is 4.47. The zero-order valence-electron chi connectivity index (χ0n) is 9.79. The molecular weight excluding hydrogens is 230 g/mol. The van der Waals surface area contributed by atoms with Gasteiger partial charge in [0.1, 0.15) is 11.6 Å². The third-order valence-corrected chi connectivity index (χ3v) is 3.12. The summed E-state index contributed by atoms with van der Waals surface area (Å²) in [5.74, 6) is -0.476. The second kappa shape index (κ2) is 4.37. The third kappa shape index (κ3) is 2.19. The molecule has 0 nitrogen and oxygen atoms in total. The Morgan fingerprint density at radius 3 is 1.39 bits per heavy atom. The lowest BCUT2D eigenvalue weighted by molar-refractivity contribution is 0.627. The van der Waals surface area contributed by atoms with Crippen LogP contribution in [0.4, 0.5) is 8.78 Å². The summed E-state index contributed by atoms with van der Waals surface area (Å²) in [7, 11) is 0. The van der Waals surface area contributed by atoms with Crippen LogP contribution in [0, 0.1) is 11.6 Å². The number of hydrogen-bond donors (Lipinski definition) is 0. The molecule has 18 heavy (non-hydrogen) atoms. The molecular formula is C16H12F2. The van der Waals surface area contributed by atoms with Crippen molar-refractivity contribution in [2.75, 3.05) is 0 Å². The summed E-state index contributed by atoms with van der Waals surface area (Å²) < 4.78 is 25.9. The Labute approximate surface area is 105 Å². The second-order valence-corrected chi connectivity index (χ2v) is 4.49. The minimum Gasteiger partial charge on any atom is -0.207 e. The van der Waals surface area contributed by atoms with Gasteiger partial charge in [0.05, 0.1) is 0 Å². The summed E-state index contributed by atoms with van der Waals surface area (Å²) in [6, 6.07) is 12.9. The fraction of sp³-hybridized carbons (Fsp3) is 0.125. The Bertz CT molecular complexity index is 538. The third-order valence-electron chi connectivity index (χ3n) is 3.12. The molecule has 1 aliphatic rings. The molecule has 3 rings (SSSR count). The van der Waals surface area contributed by atoms with Crippen LogP contribution in [-0.4, -0.2) is 0 Å². The van der Waals surface area contributed by atoms with E-state index in [0.717, 1.165) is 29.5 Å². The van der Waals surface area contributed by atoms with Gasteiger partial charge in [-0.05, 0) is 53.8 Å². The summed E-state index contributed by atoms with van der Waals surface area (Å²) in [4.78, 5) is 0. The summed E-state index contributed by atoms with van der Waals surface area (Å²) in [6.45, 7) is 0. The molecule has 0 aliphatic heterocycles. The number of rotatable bonds is 2. The van der Waals surface area contributed by atoms with Gasteiger partial charge in [-0.15, -0.1) is 0 Å². The van der Waals surface area contributed by atoms with Crippen LogP contribution in [0.5, 0.6) is 0 Å². The molecule has 2 aromatic carbocycles. The number of benzene rings is 2. The van der Waals surface area contributed by atoms with Crippen LogP contribution in [0.1, 0.15) is 24.0 Å². The largest absolute Gasteiger partial charge is 0.207 e. The van der Waals surface area contributed by atoms with Crippen molar-refractivity contribution < 1.29 is 8.78 Å². The quantitative estimate of drug-likeness (QED) is 0.724. The Morgan fingerprint density at radius 2 is 1.06 bits per heavy atom. The molecule has 1 fully saturated rings. The van der Waals surface area contributed by atoms with Gasteiger partial charge in [-0.3, -0.25) is 0 Å². The minimum atomic E-state index is -0.238. The maximum atomic E-state index is 13.0. The van der Waals surface area contributed by atoms with Crippen LogP contribution in [-0.2, 0) is 0 Å². The number of hydrogen-bond acceptors (Lipinski definition) is 0. The fourth-order valence-corrected chi connectivity index (χ4v) is 2.12. The van der Waals surface area contributed by atoms with E-state index in [-0.39, 0.29) is 11.6 Å². The summed E-state index contributed by atoms with van der Waals surface area (Å²) in [6.07, 6.45) is 2.15. The minimum absolute atomic E-state index is 0.238. The standard InChI is InChI=1S/C16H12F2/c17-14-7-3-12(4-8-14)16(11-1-2-11)13-5-9-15(18)10-6-13/h3-10H,1-2H2. The molecule has 0 amide bonds. The predicted molar refractivity (Wildman–Crippen MR) is 68.1 cm³/mol. The van der Waals surface area contributed by atoms with E-state index in [1.165, 1.54) is 29.8 Å². The lowest BCUT2D eigenvalue weighted by atomic mass is 9.97. The van der Waals surface area contributed by atoms with E-state index in [0.29, 0.717) is 0 Å². The van der Waals surface area contributed by atoms with Crippen molar-refractivity contribution in [3.8, 4) is 0 Å². The Morgan fingerprint density at radius 1 is 0.667 bits per heavy atom. The highest BCUT2D eigenvalue weighted by Crippen LogP contribution is 2.40. The molecule has 0 radical (unpaired) electrons. The molecule has 0 unspecified atom stereocenters. The van der Waals surface area contributed by atoms with Crippen LogP contribution >= 0.6 is 0 Å². The first-order valence-electron chi connectivity index (χ1n) is 5.98. The van der Waals surface area contributed by atoms with Gasteiger partial charge >= 0.3 is 0 Å². The molecule has 90 valence electrons. The van der Waals surface area contributed by atoms with Crippen LogP contribution in [0.2, 0.25) is 0 Å². The highest BCUT2D eigenvalue weighted by atomic mass is 19.1. The molecule has 0 N–H and O–H groups in total. The molecule has 0 heterocycles. The van der Waals surface area contributed by atoms with E-state index in [1.54, 1.807) is 24.3 Å². The normalized spacial score (nSPS) is 13.6. The van der Waals surface area contributed by atoms with Crippen molar-refractivity contribution in [1.82, 2.24) is 0 Å². The van der Waals surface area contributed by atoms with Gasteiger partial charge in [0.2, 0.25) is 0 Å². The van der Waals surface area contributed by atoms with Gasteiger partial charge in [0, 0.05) is 0 Å². The van der Waals surface area contributed by atoms with Gasteiger partial charge in [0.25, 0.3) is 0 Å². The second-order valence-electron chi connectivity index (χ2n) is 4.49. The highest BCUT2D eigenvalue weighted by molar-refractivity contribution is 5.83. The lowest BCUT2D eigenvalue weighted by Crippen LogP contribution is -1.89. The van der Waals surface area contributed by atoms with Gasteiger partial charge in [-0.2, -0.15) is 0 Å². The molecule has 2 heteroatoms. The predicted octanol–water partition coefficient (Wildman–Crippen LogP) is 4.56. The van der Waals surface area contributed by atoms with Crippen molar-refractivity contribution in [2.24, 2.45) is 0 Å². The topological polar surface area (TPSA) is 0 Å². The van der Waals surface area contributed by atoms with E-state index in [2.05, 4.69) is 0 Å². The maximum Gasteiger partial charge on any atom is 0.123 e. The van der Waals surface area contributed by atoms with Gasteiger partial charge in [-0.25, -0.2) is 8.78 Å². The molecule has 0 saturated heterocycles. The van der Waals surface area contributed by atoms with E-state index in [4.69, 9.17) is 0 Å². The maximum absolute atomic E-state index is 13.0. The van der Waals surface area contributed by atoms with E-state index in [9.17, 15) is 8.78 Å². The first kappa shape index (κ1) is 11.1. The Hall–Kier alpha value is -1.96. The molecule has 0 atom stereocenters. The van der Waals surface area contributed by atoms with Gasteiger partial charge in [0.15, 0.2) is 0 Å². The molecule has 1 aliphatic carbocycles. The van der Waals surface area contributed by atoms with Gasteiger partial charge < -0.3 is 0 Å². The number of allylic oxidation sites excluding steroid dienone is 1. The lowest BCUT2D eigenvalue weighted by Gasteiger charge is -2.08. The summed E-state index contributed by atoms with van der Waals surface area (Å²) >= 11 is 0. The van der Waals surface area contributed by atoms with E-state index >= 15 is 0 Å². The zero-order valence-corrected chi connectivity index (χ0v) is 9.79. The van der Waals surface area contributed by atoms with Crippen molar-refractivity contribution in [3.05, 3.63) is 76.9 Å². The SMILES string of the molecule is Fc1ccc(C(=C2CC2)c2ccc(F)cc2)cc1. The molecule has 0 spiro atoms. The van der Waals surface area contributed by atoms with Crippen molar-refractivity contribution in [1.29, 1.82) is 0 Å². The number of halogens is 2. The highest BCUT2D eigenvalue weighted by Gasteiger charge is 2.20. The van der Waals surface area contributed by atoms with Gasteiger partial charge in [-0.1, -0.05) is 29.8 Å². The smallest absolute Gasteiger partial charge is 0.123 e. The Kier molecular flexibility index (Phi) is 2.71. The molecule has 2 aromatic rings. The average molecular weight is 242 g/mol. The van der Waals surface area contributed by atoms with Crippen molar-refractivity contribution in [2.45, 2.75) is 12.8 Å². The van der Waals surface area contributed by atoms with Crippen LogP contribution < -0.4 is 0 Å². The molecule has 0 bridgehead atoms. The monoisotopic (exact) mass is 242 g/mol. The van der Waals surface area contributed by atoms with E-state index < -0.39 is 0 Å². The zero-order chi connectivity index (χ0) is 12.5. The molecule has 1 saturated carbocycles. The molecule has 0 aromatic heterocycles. The van der Waals surface area contributed by atoms with Crippen LogP contribution in [0.3, 0.4) is 0 Å². The Balaban J connectivity index is 2.07. The average Bonchev–Trinajstić information content (AvgIpc) is 3.19. The first-order chi connectivity index (χ1) is 8.74. The van der Waals surface area contributed by atoms with Crippen LogP contribution in [0.15, 0.2) is 54.1 Å².